The number of non-ortho nitro benzene ring substituents is 1. The van der Waals surface area contributed by atoms with Gasteiger partial charge in [0.2, 0.25) is 0 Å². The van der Waals surface area contributed by atoms with Crippen LogP contribution in [0.25, 0.3) is 0 Å². The van der Waals surface area contributed by atoms with Gasteiger partial charge in [-0.3, -0.25) is 14.9 Å². The number of carbonyl (C=O) groups excluding carboxylic acids is 2. The summed E-state index contributed by atoms with van der Waals surface area (Å²) in [6.45, 7) is 0. The highest BCUT2D eigenvalue weighted by atomic mass is 16.6. The van der Waals surface area contributed by atoms with E-state index in [4.69, 9.17) is 9.47 Å². The number of benzene rings is 2. The summed E-state index contributed by atoms with van der Waals surface area (Å²) in [5.74, 6) is -1.24. The van der Waals surface area contributed by atoms with Crippen LogP contribution in [0, 0.1) is 10.1 Å². The third kappa shape index (κ3) is 5.04. The molecule has 0 saturated carbocycles. The van der Waals surface area contributed by atoms with Crippen molar-refractivity contribution < 1.29 is 29.1 Å². The Labute approximate surface area is 161 Å². The van der Waals surface area contributed by atoms with Gasteiger partial charge in [-0.15, -0.1) is 0 Å². The van der Waals surface area contributed by atoms with Crippen molar-refractivity contribution in [1.29, 1.82) is 0 Å². The van der Waals surface area contributed by atoms with Gasteiger partial charge in [0.05, 0.1) is 19.1 Å². The van der Waals surface area contributed by atoms with Crippen molar-refractivity contribution in [3.05, 3.63) is 69.8 Å². The minimum atomic E-state index is -1.49. The summed E-state index contributed by atoms with van der Waals surface area (Å²) < 4.78 is 9.89. The largest absolute Gasteiger partial charge is 0.496 e. The van der Waals surface area contributed by atoms with Crippen molar-refractivity contribution in [3.8, 4) is 5.75 Å². The Morgan fingerprint density at radius 3 is 2.43 bits per heavy atom. The first-order valence-electron chi connectivity index (χ1n) is 8.30. The zero-order valence-corrected chi connectivity index (χ0v) is 15.3. The van der Waals surface area contributed by atoms with E-state index < -0.39 is 28.9 Å². The average Bonchev–Trinajstić information content (AvgIpc) is 2.72. The van der Waals surface area contributed by atoms with E-state index in [9.17, 15) is 24.8 Å². The number of ether oxygens (including phenoxy) is 2. The van der Waals surface area contributed by atoms with Gasteiger partial charge in [0.25, 0.3) is 11.6 Å². The zero-order valence-electron chi connectivity index (χ0n) is 15.3. The van der Waals surface area contributed by atoms with Crippen LogP contribution in [0.4, 0.5) is 5.69 Å². The molecule has 2 aromatic rings. The molecule has 0 bridgehead atoms. The Kier molecular flexibility index (Phi) is 7.05. The molecule has 9 heteroatoms. The quantitative estimate of drug-likeness (QED) is 0.399. The summed E-state index contributed by atoms with van der Waals surface area (Å²) >= 11 is 0. The lowest BCUT2D eigenvalue weighted by Gasteiger charge is -2.20. The molecule has 0 aliphatic heterocycles. The third-order valence-electron chi connectivity index (χ3n) is 4.06. The maximum Gasteiger partial charge on any atom is 0.328 e. The number of nitrogens with one attached hydrogen (secondary N) is 1. The summed E-state index contributed by atoms with van der Waals surface area (Å²) in [4.78, 5) is 35.0. The SMILES string of the molecule is COC(=O)[C@@H](Cc1cc([N+](=O)[O-])ccc1OC)NC(=O)[C@@H](O)c1ccccc1. The molecule has 9 nitrogen and oxygen atoms in total. The van der Waals surface area contributed by atoms with E-state index in [1.165, 1.54) is 25.3 Å². The fourth-order valence-electron chi connectivity index (χ4n) is 2.63. The van der Waals surface area contributed by atoms with Gasteiger partial charge in [0, 0.05) is 24.1 Å². The molecule has 2 N–H and O–H groups in total. The van der Waals surface area contributed by atoms with Crippen molar-refractivity contribution in [1.82, 2.24) is 5.32 Å². The standard InChI is InChI=1S/C19H20N2O7/c1-27-16-9-8-14(21(25)26)10-13(16)11-15(19(24)28-2)20-18(23)17(22)12-6-4-3-5-7-12/h3-10,15,17,22H,11H2,1-2H3,(H,20,23)/t15-,17+/m1/s1. The number of nitro groups is 1. The van der Waals surface area contributed by atoms with Gasteiger partial charge in [0.1, 0.15) is 11.8 Å². The van der Waals surface area contributed by atoms with Crippen LogP contribution in [0.5, 0.6) is 5.75 Å². The van der Waals surface area contributed by atoms with Gasteiger partial charge >= 0.3 is 5.97 Å². The fraction of sp³-hybridized carbons (Fsp3) is 0.263. The van der Waals surface area contributed by atoms with Crippen LogP contribution in [0.15, 0.2) is 48.5 Å². The molecule has 2 aromatic carbocycles. The molecular formula is C19H20N2O7. The normalized spacial score (nSPS) is 12.5. The fourth-order valence-corrected chi connectivity index (χ4v) is 2.63. The van der Waals surface area contributed by atoms with Crippen LogP contribution in [0.2, 0.25) is 0 Å². The summed E-state index contributed by atoms with van der Waals surface area (Å²) in [6.07, 6.45) is -1.61. The molecule has 2 atom stereocenters. The number of rotatable bonds is 8. The van der Waals surface area contributed by atoms with Crippen LogP contribution in [0.1, 0.15) is 17.2 Å². The Morgan fingerprint density at radius 2 is 1.86 bits per heavy atom. The third-order valence-corrected chi connectivity index (χ3v) is 4.06. The van der Waals surface area contributed by atoms with E-state index in [1.807, 2.05) is 0 Å². The van der Waals surface area contributed by atoms with Gasteiger partial charge in [-0.2, -0.15) is 0 Å². The van der Waals surface area contributed by atoms with Crippen molar-refractivity contribution in [2.45, 2.75) is 18.6 Å². The molecule has 0 unspecified atom stereocenters. The van der Waals surface area contributed by atoms with Gasteiger partial charge in [0.15, 0.2) is 6.10 Å². The van der Waals surface area contributed by atoms with Crippen LogP contribution >= 0.6 is 0 Å². The van der Waals surface area contributed by atoms with Crippen LogP contribution in [-0.2, 0) is 20.7 Å². The second kappa shape index (κ2) is 9.47. The summed E-state index contributed by atoms with van der Waals surface area (Å²) in [6, 6.07) is 11.0. The van der Waals surface area contributed by atoms with E-state index in [2.05, 4.69) is 5.32 Å². The molecule has 148 valence electrons. The minimum absolute atomic E-state index is 0.120. The predicted octanol–water partition coefficient (Wildman–Crippen LogP) is 1.54. The number of nitro benzene ring substituents is 1. The number of aliphatic hydroxyl groups is 1. The lowest BCUT2D eigenvalue weighted by Crippen LogP contribution is -2.45. The molecule has 1 amide bonds. The molecule has 0 saturated heterocycles. The average molecular weight is 388 g/mol. The first-order valence-corrected chi connectivity index (χ1v) is 8.30. The molecule has 0 aliphatic carbocycles. The van der Waals surface area contributed by atoms with Crippen LogP contribution < -0.4 is 10.1 Å². The van der Waals surface area contributed by atoms with Gasteiger partial charge < -0.3 is 19.9 Å². The second-order valence-corrected chi connectivity index (χ2v) is 5.85. The molecule has 0 spiro atoms. The zero-order chi connectivity index (χ0) is 20.7. The molecule has 0 radical (unpaired) electrons. The smallest absolute Gasteiger partial charge is 0.328 e. The van der Waals surface area contributed by atoms with Crippen LogP contribution in [0.3, 0.4) is 0 Å². The number of nitrogens with zero attached hydrogens (tertiary/aromatic N) is 1. The Hall–Kier alpha value is -3.46. The number of amides is 1. The van der Waals surface area contributed by atoms with Crippen molar-refractivity contribution in [3.63, 3.8) is 0 Å². The van der Waals surface area contributed by atoms with Gasteiger partial charge in [-0.25, -0.2) is 4.79 Å². The van der Waals surface area contributed by atoms with Crippen LogP contribution in [-0.4, -0.2) is 42.2 Å². The Morgan fingerprint density at radius 1 is 1.18 bits per heavy atom. The predicted molar refractivity (Wildman–Crippen MR) is 98.7 cm³/mol. The maximum absolute atomic E-state index is 12.4. The first kappa shape index (κ1) is 20.8. The molecule has 0 aliphatic rings. The number of methoxy groups -OCH3 is 2. The molecule has 2 rings (SSSR count). The topological polar surface area (TPSA) is 128 Å². The summed E-state index contributed by atoms with van der Waals surface area (Å²) in [5.41, 5.74) is 0.508. The first-order chi connectivity index (χ1) is 13.4. The van der Waals surface area contributed by atoms with E-state index in [1.54, 1.807) is 30.3 Å². The number of hydrogen-bond donors (Lipinski definition) is 2. The van der Waals surface area contributed by atoms with E-state index >= 15 is 0 Å². The highest BCUT2D eigenvalue weighted by Gasteiger charge is 2.27. The van der Waals surface area contributed by atoms with Gasteiger partial charge in [-0.1, -0.05) is 30.3 Å². The van der Waals surface area contributed by atoms with E-state index in [0.29, 0.717) is 16.9 Å². The highest BCUT2D eigenvalue weighted by molar-refractivity contribution is 5.87. The molecular weight excluding hydrogens is 368 g/mol. The van der Waals surface area contributed by atoms with Gasteiger partial charge in [-0.05, 0) is 11.6 Å². The molecule has 0 fully saturated rings. The van der Waals surface area contributed by atoms with E-state index in [-0.39, 0.29) is 12.1 Å². The lowest BCUT2D eigenvalue weighted by molar-refractivity contribution is -0.384. The minimum Gasteiger partial charge on any atom is -0.496 e. The Balaban J connectivity index is 2.25. The van der Waals surface area contributed by atoms with Crippen molar-refractivity contribution in [2.75, 3.05) is 14.2 Å². The number of carbonyl (C=O) groups is 2. The summed E-state index contributed by atoms with van der Waals surface area (Å²) in [5, 5.41) is 23.6. The molecule has 28 heavy (non-hydrogen) atoms. The Bertz CT molecular complexity index is 855. The lowest BCUT2D eigenvalue weighted by atomic mass is 10.0. The monoisotopic (exact) mass is 388 g/mol. The number of hydrogen-bond acceptors (Lipinski definition) is 7. The summed E-state index contributed by atoms with van der Waals surface area (Å²) in [7, 11) is 2.54. The van der Waals surface area contributed by atoms with Crippen molar-refractivity contribution >= 4 is 17.6 Å². The van der Waals surface area contributed by atoms with Crippen molar-refractivity contribution in [2.24, 2.45) is 0 Å². The number of aliphatic hydroxyl groups excluding tert-OH is 1. The number of esters is 1. The highest BCUT2D eigenvalue weighted by Crippen LogP contribution is 2.25. The second-order valence-electron chi connectivity index (χ2n) is 5.85. The maximum atomic E-state index is 12.4. The van der Waals surface area contributed by atoms with E-state index in [0.717, 1.165) is 7.11 Å². The molecule has 0 aromatic heterocycles. The molecule has 0 heterocycles.